The van der Waals surface area contributed by atoms with Crippen LogP contribution in [0.5, 0.6) is 0 Å². The maximum atomic E-state index is 12.0. The van der Waals surface area contributed by atoms with Crippen molar-refractivity contribution in [2.45, 2.75) is 13.5 Å². The molecule has 0 aliphatic carbocycles. The predicted octanol–water partition coefficient (Wildman–Crippen LogP) is 2.31. The lowest BCUT2D eigenvalue weighted by Gasteiger charge is -2.07. The highest BCUT2D eigenvalue weighted by Crippen LogP contribution is 2.14. The van der Waals surface area contributed by atoms with E-state index in [2.05, 4.69) is 15.3 Å². The summed E-state index contributed by atoms with van der Waals surface area (Å²) in [5, 5.41) is 4.42. The van der Waals surface area contributed by atoms with E-state index < -0.39 is 0 Å². The molecule has 3 aromatic rings. The number of anilines is 1. The lowest BCUT2D eigenvalue weighted by Crippen LogP contribution is -2.25. The van der Waals surface area contributed by atoms with Crippen molar-refractivity contribution in [3.63, 3.8) is 0 Å². The molecular formula is C16H14N4O2S. The molecule has 1 amide bonds. The smallest absolute Gasteiger partial charge is 0.307 e. The average molecular weight is 326 g/mol. The molecule has 0 saturated carbocycles. The Morgan fingerprint density at radius 3 is 2.52 bits per heavy atom. The average Bonchev–Trinajstić information content (AvgIpc) is 2.88. The van der Waals surface area contributed by atoms with E-state index in [0.717, 1.165) is 22.6 Å². The molecule has 116 valence electrons. The van der Waals surface area contributed by atoms with E-state index in [1.54, 1.807) is 24.7 Å². The number of carbonyl (C=O) groups excluding carboxylic acids is 1. The summed E-state index contributed by atoms with van der Waals surface area (Å²) < 4.78 is 1.43. The highest BCUT2D eigenvalue weighted by molar-refractivity contribution is 7.07. The van der Waals surface area contributed by atoms with E-state index in [9.17, 15) is 9.59 Å². The van der Waals surface area contributed by atoms with Gasteiger partial charge in [-0.3, -0.25) is 14.2 Å². The van der Waals surface area contributed by atoms with Gasteiger partial charge in [0.15, 0.2) is 5.82 Å². The summed E-state index contributed by atoms with van der Waals surface area (Å²) in [6.07, 6.45) is 3.10. The van der Waals surface area contributed by atoms with E-state index in [1.807, 2.05) is 30.3 Å². The highest BCUT2D eigenvalue weighted by Gasteiger charge is 2.09. The first-order chi connectivity index (χ1) is 11.1. The summed E-state index contributed by atoms with van der Waals surface area (Å²) in [7, 11) is 0. The monoisotopic (exact) mass is 326 g/mol. The Balaban J connectivity index is 1.69. The number of amides is 1. The molecule has 0 aliphatic rings. The van der Waals surface area contributed by atoms with Gasteiger partial charge < -0.3 is 5.32 Å². The van der Waals surface area contributed by atoms with Crippen molar-refractivity contribution in [2.24, 2.45) is 0 Å². The largest absolute Gasteiger partial charge is 0.322 e. The van der Waals surface area contributed by atoms with E-state index in [1.165, 1.54) is 4.57 Å². The van der Waals surface area contributed by atoms with Crippen molar-refractivity contribution in [3.8, 4) is 11.4 Å². The molecule has 3 rings (SSSR count). The first-order valence-electron chi connectivity index (χ1n) is 6.96. The summed E-state index contributed by atoms with van der Waals surface area (Å²) in [4.78, 5) is 32.0. The van der Waals surface area contributed by atoms with Crippen LogP contribution in [0.2, 0.25) is 0 Å². The van der Waals surface area contributed by atoms with Crippen LogP contribution in [-0.2, 0) is 11.3 Å². The highest BCUT2D eigenvalue weighted by atomic mass is 32.1. The lowest BCUT2D eigenvalue weighted by atomic mass is 10.2. The third kappa shape index (κ3) is 3.51. The van der Waals surface area contributed by atoms with Crippen LogP contribution in [0.3, 0.4) is 0 Å². The topological polar surface area (TPSA) is 76.9 Å². The maximum Gasteiger partial charge on any atom is 0.307 e. The molecule has 1 N–H and O–H groups in total. The number of aromatic nitrogens is 3. The van der Waals surface area contributed by atoms with Gasteiger partial charge in [-0.25, -0.2) is 9.97 Å². The van der Waals surface area contributed by atoms with Crippen LogP contribution in [0.4, 0.5) is 5.69 Å². The molecule has 0 spiro atoms. The number of carbonyl (C=O) groups is 1. The van der Waals surface area contributed by atoms with Crippen molar-refractivity contribution in [1.29, 1.82) is 0 Å². The Kier molecular flexibility index (Phi) is 4.29. The normalized spacial score (nSPS) is 10.5. The Bertz CT molecular complexity index is 869. The summed E-state index contributed by atoms with van der Waals surface area (Å²) >= 11 is 1.08. The fourth-order valence-electron chi connectivity index (χ4n) is 2.07. The second kappa shape index (κ2) is 6.53. The molecule has 0 saturated heterocycles. The Labute approximate surface area is 136 Å². The predicted molar refractivity (Wildman–Crippen MR) is 89.4 cm³/mol. The Morgan fingerprint density at radius 1 is 1.22 bits per heavy atom. The minimum absolute atomic E-state index is 0.0192. The number of hydrogen-bond acceptors (Lipinski definition) is 5. The molecule has 2 heterocycles. The van der Waals surface area contributed by atoms with E-state index in [-0.39, 0.29) is 17.3 Å². The molecule has 0 radical (unpaired) electrons. The number of thiazole rings is 1. The zero-order chi connectivity index (χ0) is 16.2. The lowest BCUT2D eigenvalue weighted by molar-refractivity contribution is -0.116. The molecule has 7 heteroatoms. The Hall–Kier alpha value is -2.80. The van der Waals surface area contributed by atoms with Gasteiger partial charge in [0.05, 0.1) is 18.1 Å². The number of nitrogens with one attached hydrogen (secondary N) is 1. The minimum Gasteiger partial charge on any atom is -0.322 e. The molecule has 23 heavy (non-hydrogen) atoms. The number of rotatable bonds is 4. The summed E-state index contributed by atoms with van der Waals surface area (Å²) in [6, 6.07) is 9.58. The standard InChI is InChI=1S/C16H14N4O2S/c1-11-10-23-16(22)20(11)9-14(21)19-13-7-17-15(18-8-13)12-5-3-2-4-6-12/h2-8,10H,9H2,1H3,(H,19,21). The Morgan fingerprint density at radius 2 is 1.91 bits per heavy atom. The van der Waals surface area contributed by atoms with Crippen LogP contribution in [0.15, 0.2) is 52.9 Å². The molecule has 0 fully saturated rings. The summed E-state index contributed by atoms with van der Waals surface area (Å²) in [5.74, 6) is 0.304. The van der Waals surface area contributed by atoms with Gasteiger partial charge >= 0.3 is 4.87 Å². The van der Waals surface area contributed by atoms with Crippen molar-refractivity contribution >= 4 is 22.9 Å². The first-order valence-corrected chi connectivity index (χ1v) is 7.84. The van der Waals surface area contributed by atoms with Gasteiger partial charge in [-0.2, -0.15) is 0 Å². The second-order valence-electron chi connectivity index (χ2n) is 4.94. The second-order valence-corrected chi connectivity index (χ2v) is 5.76. The van der Waals surface area contributed by atoms with Gasteiger partial charge in [0.1, 0.15) is 6.54 Å². The molecular weight excluding hydrogens is 312 g/mol. The first kappa shape index (κ1) is 15.1. The van der Waals surface area contributed by atoms with Crippen LogP contribution in [0.1, 0.15) is 5.69 Å². The van der Waals surface area contributed by atoms with E-state index >= 15 is 0 Å². The van der Waals surface area contributed by atoms with Crippen molar-refractivity contribution in [2.75, 3.05) is 5.32 Å². The van der Waals surface area contributed by atoms with Crippen LogP contribution in [-0.4, -0.2) is 20.4 Å². The van der Waals surface area contributed by atoms with Crippen LogP contribution in [0.25, 0.3) is 11.4 Å². The van der Waals surface area contributed by atoms with Crippen LogP contribution < -0.4 is 10.2 Å². The quantitative estimate of drug-likeness (QED) is 0.798. The number of aryl methyl sites for hydroxylation is 1. The number of hydrogen-bond donors (Lipinski definition) is 1. The maximum absolute atomic E-state index is 12.0. The molecule has 0 unspecified atom stereocenters. The summed E-state index contributed by atoms with van der Waals surface area (Å²) in [6.45, 7) is 1.78. The minimum atomic E-state index is -0.287. The molecule has 6 nitrogen and oxygen atoms in total. The van der Waals surface area contributed by atoms with Crippen molar-refractivity contribution < 1.29 is 4.79 Å². The third-order valence-corrected chi connectivity index (χ3v) is 4.13. The molecule has 0 atom stereocenters. The molecule has 0 bridgehead atoms. The zero-order valence-corrected chi connectivity index (χ0v) is 13.2. The SMILES string of the molecule is Cc1csc(=O)n1CC(=O)Nc1cnc(-c2ccccc2)nc1. The fourth-order valence-corrected chi connectivity index (χ4v) is 2.80. The molecule has 1 aromatic carbocycles. The molecule has 0 aliphatic heterocycles. The van der Waals surface area contributed by atoms with Crippen molar-refractivity contribution in [1.82, 2.24) is 14.5 Å². The van der Waals surface area contributed by atoms with Crippen LogP contribution >= 0.6 is 11.3 Å². The third-order valence-electron chi connectivity index (χ3n) is 3.25. The van der Waals surface area contributed by atoms with E-state index in [0.29, 0.717) is 11.5 Å². The van der Waals surface area contributed by atoms with Gasteiger partial charge in [0.25, 0.3) is 0 Å². The number of benzene rings is 1. The zero-order valence-electron chi connectivity index (χ0n) is 12.4. The van der Waals surface area contributed by atoms with Crippen molar-refractivity contribution in [3.05, 3.63) is 63.5 Å². The summed E-state index contributed by atoms with van der Waals surface area (Å²) in [5.41, 5.74) is 2.17. The van der Waals surface area contributed by atoms with Gasteiger partial charge in [0.2, 0.25) is 5.91 Å². The molecule has 2 aromatic heterocycles. The van der Waals surface area contributed by atoms with Gasteiger partial charge in [0, 0.05) is 16.6 Å². The van der Waals surface area contributed by atoms with Gasteiger partial charge in [-0.1, -0.05) is 41.7 Å². The fraction of sp³-hybridized carbons (Fsp3) is 0.125. The van der Waals surface area contributed by atoms with Gasteiger partial charge in [-0.15, -0.1) is 0 Å². The van der Waals surface area contributed by atoms with Crippen LogP contribution in [0, 0.1) is 6.92 Å². The van der Waals surface area contributed by atoms with Gasteiger partial charge in [-0.05, 0) is 6.92 Å². The number of nitrogens with zero attached hydrogens (tertiary/aromatic N) is 3. The van der Waals surface area contributed by atoms with E-state index in [4.69, 9.17) is 0 Å².